The molecule has 0 radical (unpaired) electrons. The maximum absolute atomic E-state index is 13.0. The van der Waals surface area contributed by atoms with Gasteiger partial charge in [0.05, 0.1) is 22.0 Å². The quantitative estimate of drug-likeness (QED) is 0.613. The van der Waals surface area contributed by atoms with Gasteiger partial charge in [0.25, 0.3) is 0 Å². The summed E-state index contributed by atoms with van der Waals surface area (Å²) < 4.78 is 78.0. The molecule has 0 aliphatic rings. The Balaban J connectivity index is 2.48. The fraction of sp³-hybridized carbons (Fsp3) is 0.471. The van der Waals surface area contributed by atoms with Crippen LogP contribution in [0, 0.1) is 5.92 Å². The molecule has 2 nitrogen and oxygen atoms in total. The second-order valence-corrected chi connectivity index (χ2v) is 7.39. The van der Waals surface area contributed by atoms with E-state index in [0.717, 1.165) is 29.9 Å². The standard InChI is InChI=1S/C17H18F6N2S/c1-9(2)4-13(24-3)15-25-8-14(26-15)10-5-11(16(18,19)20)7-12(6-10)17(21,22)23/h5-9,13,24H,4H2,1-3H3. The van der Waals surface area contributed by atoms with E-state index in [4.69, 9.17) is 0 Å². The average molecular weight is 396 g/mol. The summed E-state index contributed by atoms with van der Waals surface area (Å²) in [5.74, 6) is 0.352. The highest BCUT2D eigenvalue weighted by Crippen LogP contribution is 2.40. The van der Waals surface area contributed by atoms with E-state index in [0.29, 0.717) is 10.9 Å². The third-order valence-corrected chi connectivity index (χ3v) is 4.91. The van der Waals surface area contributed by atoms with Crippen LogP contribution in [0.3, 0.4) is 0 Å². The number of rotatable bonds is 5. The molecule has 1 heterocycles. The maximum atomic E-state index is 13.0. The van der Waals surface area contributed by atoms with Gasteiger partial charge >= 0.3 is 12.4 Å². The van der Waals surface area contributed by atoms with Gasteiger partial charge in [-0.1, -0.05) is 13.8 Å². The molecule has 2 rings (SSSR count). The summed E-state index contributed by atoms with van der Waals surface area (Å²) in [6, 6.07) is 1.47. The van der Waals surface area contributed by atoms with Crippen LogP contribution in [0.1, 0.15) is 42.4 Å². The minimum absolute atomic E-state index is 0.110. The van der Waals surface area contributed by atoms with Crippen molar-refractivity contribution >= 4 is 11.3 Å². The van der Waals surface area contributed by atoms with Gasteiger partial charge in [-0.2, -0.15) is 26.3 Å². The Morgan fingerprint density at radius 3 is 1.96 bits per heavy atom. The lowest BCUT2D eigenvalue weighted by Gasteiger charge is -2.15. The average Bonchev–Trinajstić information content (AvgIpc) is 3.00. The number of nitrogens with one attached hydrogen (secondary N) is 1. The topological polar surface area (TPSA) is 24.9 Å². The molecular weight excluding hydrogens is 378 g/mol. The molecule has 0 amide bonds. The fourth-order valence-corrected chi connectivity index (χ4v) is 3.52. The van der Waals surface area contributed by atoms with Gasteiger partial charge in [0, 0.05) is 6.20 Å². The molecule has 26 heavy (non-hydrogen) atoms. The first-order valence-electron chi connectivity index (χ1n) is 7.84. The SMILES string of the molecule is CNC(CC(C)C)c1ncc(-c2cc(C(F)(F)F)cc(C(F)(F)F)c2)s1. The molecule has 0 saturated carbocycles. The molecule has 1 aromatic carbocycles. The zero-order valence-corrected chi connectivity index (χ0v) is 15.1. The first kappa shape index (κ1) is 20.7. The van der Waals surface area contributed by atoms with Crippen molar-refractivity contribution < 1.29 is 26.3 Å². The van der Waals surface area contributed by atoms with E-state index >= 15 is 0 Å². The van der Waals surface area contributed by atoms with Crippen LogP contribution >= 0.6 is 11.3 Å². The van der Waals surface area contributed by atoms with Crippen LogP contribution in [-0.4, -0.2) is 12.0 Å². The highest BCUT2D eigenvalue weighted by atomic mass is 32.1. The molecular formula is C17H18F6N2S. The predicted molar refractivity (Wildman–Crippen MR) is 88.8 cm³/mol. The molecule has 1 N–H and O–H groups in total. The molecule has 2 aromatic rings. The Hall–Kier alpha value is -1.61. The largest absolute Gasteiger partial charge is 0.416 e. The molecule has 1 aromatic heterocycles. The van der Waals surface area contributed by atoms with Gasteiger partial charge in [-0.3, -0.25) is 0 Å². The zero-order valence-electron chi connectivity index (χ0n) is 14.3. The normalized spacial score (nSPS) is 14.1. The molecule has 144 valence electrons. The Labute approximate surface area is 151 Å². The minimum atomic E-state index is -4.87. The lowest BCUT2D eigenvalue weighted by molar-refractivity contribution is -0.143. The van der Waals surface area contributed by atoms with Crippen LogP contribution in [0.15, 0.2) is 24.4 Å². The first-order chi connectivity index (χ1) is 11.9. The summed E-state index contributed by atoms with van der Waals surface area (Å²) in [6.45, 7) is 4.03. The van der Waals surface area contributed by atoms with E-state index in [9.17, 15) is 26.3 Å². The van der Waals surface area contributed by atoms with Crippen molar-refractivity contribution in [3.63, 3.8) is 0 Å². The van der Waals surface area contributed by atoms with Crippen LogP contribution in [0.5, 0.6) is 0 Å². The number of halogens is 6. The molecule has 9 heteroatoms. The van der Waals surface area contributed by atoms with E-state index in [1.165, 1.54) is 6.20 Å². The summed E-state index contributed by atoms with van der Waals surface area (Å²) in [5, 5.41) is 3.70. The molecule has 0 spiro atoms. The van der Waals surface area contributed by atoms with Crippen molar-refractivity contribution in [3.8, 4) is 10.4 Å². The van der Waals surface area contributed by atoms with E-state index in [1.807, 2.05) is 13.8 Å². The summed E-state index contributed by atoms with van der Waals surface area (Å²) in [7, 11) is 1.74. The van der Waals surface area contributed by atoms with Gasteiger partial charge in [0.2, 0.25) is 0 Å². The van der Waals surface area contributed by atoms with Gasteiger partial charge in [-0.25, -0.2) is 4.98 Å². The van der Waals surface area contributed by atoms with Crippen molar-refractivity contribution in [2.24, 2.45) is 5.92 Å². The van der Waals surface area contributed by atoms with Crippen molar-refractivity contribution in [3.05, 3.63) is 40.5 Å². The van der Waals surface area contributed by atoms with Gasteiger partial charge in [0.15, 0.2) is 0 Å². The van der Waals surface area contributed by atoms with Crippen LogP contribution in [0.25, 0.3) is 10.4 Å². The number of thiazole rings is 1. The zero-order chi connectivity index (χ0) is 19.7. The number of benzene rings is 1. The summed E-state index contributed by atoms with van der Waals surface area (Å²) in [5.41, 5.74) is -2.80. The summed E-state index contributed by atoms with van der Waals surface area (Å²) >= 11 is 1.09. The Kier molecular flexibility index (Phi) is 6.02. The summed E-state index contributed by atoms with van der Waals surface area (Å²) in [6.07, 6.45) is -7.66. The van der Waals surface area contributed by atoms with Gasteiger partial charge < -0.3 is 5.32 Å². The van der Waals surface area contributed by atoms with E-state index in [1.54, 1.807) is 7.05 Å². The van der Waals surface area contributed by atoms with Gasteiger partial charge in [-0.05, 0) is 43.1 Å². The lowest BCUT2D eigenvalue weighted by Crippen LogP contribution is -2.17. The highest BCUT2D eigenvalue weighted by Gasteiger charge is 2.37. The second kappa shape index (κ2) is 7.56. The van der Waals surface area contributed by atoms with Crippen LogP contribution in [0.2, 0.25) is 0 Å². The number of hydrogen-bond donors (Lipinski definition) is 1. The van der Waals surface area contributed by atoms with Gasteiger partial charge in [0.1, 0.15) is 5.01 Å². The van der Waals surface area contributed by atoms with Crippen LogP contribution < -0.4 is 5.32 Å². The third-order valence-electron chi connectivity index (χ3n) is 3.75. The second-order valence-electron chi connectivity index (χ2n) is 6.33. The molecule has 0 aliphatic carbocycles. The van der Waals surface area contributed by atoms with Crippen LogP contribution in [-0.2, 0) is 12.4 Å². The number of nitrogens with zero attached hydrogens (tertiary/aromatic N) is 1. The van der Waals surface area contributed by atoms with Crippen molar-refractivity contribution in [1.29, 1.82) is 0 Å². The molecule has 0 aliphatic heterocycles. The van der Waals surface area contributed by atoms with Gasteiger partial charge in [-0.15, -0.1) is 11.3 Å². The molecule has 0 saturated heterocycles. The van der Waals surface area contributed by atoms with Crippen molar-refractivity contribution in [2.45, 2.75) is 38.7 Å². The number of hydrogen-bond acceptors (Lipinski definition) is 3. The maximum Gasteiger partial charge on any atom is 0.416 e. The summed E-state index contributed by atoms with van der Waals surface area (Å²) in [4.78, 5) is 4.46. The monoisotopic (exact) mass is 396 g/mol. The third kappa shape index (κ3) is 4.97. The Morgan fingerprint density at radius 2 is 1.54 bits per heavy atom. The van der Waals surface area contributed by atoms with E-state index < -0.39 is 23.5 Å². The Morgan fingerprint density at radius 1 is 1.00 bits per heavy atom. The lowest BCUT2D eigenvalue weighted by atomic mass is 10.0. The van der Waals surface area contributed by atoms with Crippen molar-refractivity contribution in [2.75, 3.05) is 7.05 Å². The molecule has 0 bridgehead atoms. The van der Waals surface area contributed by atoms with E-state index in [2.05, 4.69) is 10.3 Å². The first-order valence-corrected chi connectivity index (χ1v) is 8.66. The molecule has 0 fully saturated rings. The number of aromatic nitrogens is 1. The molecule has 1 unspecified atom stereocenters. The van der Waals surface area contributed by atoms with Crippen LogP contribution in [0.4, 0.5) is 26.3 Å². The highest BCUT2D eigenvalue weighted by molar-refractivity contribution is 7.15. The smallest absolute Gasteiger partial charge is 0.311 e. The molecule has 1 atom stereocenters. The van der Waals surface area contributed by atoms with E-state index in [-0.39, 0.29) is 22.5 Å². The fourth-order valence-electron chi connectivity index (χ4n) is 2.49. The predicted octanol–water partition coefficient (Wildman–Crippen LogP) is 6.15. The minimum Gasteiger partial charge on any atom is -0.311 e. The Bertz CT molecular complexity index is 716. The number of alkyl halides is 6. The van der Waals surface area contributed by atoms with Crippen molar-refractivity contribution in [1.82, 2.24) is 10.3 Å².